The molecule has 4 unspecified atom stereocenters. The number of ether oxygens (including phenoxy) is 1. The zero-order valence-corrected chi connectivity index (χ0v) is 12.2. The lowest BCUT2D eigenvalue weighted by Crippen LogP contribution is -2.52. The van der Waals surface area contributed by atoms with E-state index in [4.69, 9.17) is 4.74 Å². The molecule has 1 amide bonds. The first-order valence-electron chi connectivity index (χ1n) is 7.27. The molecule has 4 heteroatoms. The number of rotatable bonds is 6. The van der Waals surface area contributed by atoms with Crippen molar-refractivity contribution in [2.75, 3.05) is 6.54 Å². The van der Waals surface area contributed by atoms with Crippen molar-refractivity contribution in [1.82, 2.24) is 10.6 Å². The molecular weight excluding hydrogens is 228 g/mol. The summed E-state index contributed by atoms with van der Waals surface area (Å²) in [6.45, 7) is 8.98. The van der Waals surface area contributed by atoms with Gasteiger partial charge in [0.05, 0.1) is 6.10 Å². The Hall–Kier alpha value is -0.610. The molecular formula is C14H28N2O2. The standard InChI is InChI=1S/C14H28N2O2/c1-5-9-15-14(17)11(4)18-13-8-7-10(3)16-12(13)6-2/h10-13,16H,5-9H2,1-4H3,(H,15,17). The Morgan fingerprint density at radius 1 is 1.44 bits per heavy atom. The molecule has 1 saturated heterocycles. The minimum Gasteiger partial charge on any atom is -0.364 e. The molecule has 0 saturated carbocycles. The molecule has 1 rings (SSSR count). The van der Waals surface area contributed by atoms with Crippen molar-refractivity contribution in [3.8, 4) is 0 Å². The van der Waals surface area contributed by atoms with Gasteiger partial charge in [0.2, 0.25) is 5.91 Å². The topological polar surface area (TPSA) is 50.4 Å². The van der Waals surface area contributed by atoms with Crippen molar-refractivity contribution in [3.63, 3.8) is 0 Å². The van der Waals surface area contributed by atoms with E-state index in [9.17, 15) is 4.79 Å². The minimum atomic E-state index is -0.356. The van der Waals surface area contributed by atoms with Crippen LogP contribution in [0.5, 0.6) is 0 Å². The third kappa shape index (κ3) is 4.58. The molecule has 4 nitrogen and oxygen atoms in total. The molecule has 1 aliphatic rings. The highest BCUT2D eigenvalue weighted by Gasteiger charge is 2.30. The van der Waals surface area contributed by atoms with Crippen LogP contribution in [-0.4, -0.2) is 36.7 Å². The van der Waals surface area contributed by atoms with Crippen LogP contribution < -0.4 is 10.6 Å². The Labute approximate surface area is 111 Å². The van der Waals surface area contributed by atoms with E-state index >= 15 is 0 Å². The van der Waals surface area contributed by atoms with Gasteiger partial charge in [0, 0.05) is 18.6 Å². The van der Waals surface area contributed by atoms with Crippen LogP contribution in [0.15, 0.2) is 0 Å². The first-order chi connectivity index (χ1) is 8.58. The lowest BCUT2D eigenvalue weighted by Gasteiger charge is -2.36. The number of amides is 1. The molecule has 2 N–H and O–H groups in total. The van der Waals surface area contributed by atoms with Crippen LogP contribution in [0.1, 0.15) is 53.4 Å². The van der Waals surface area contributed by atoms with E-state index in [1.807, 2.05) is 13.8 Å². The van der Waals surface area contributed by atoms with Crippen molar-refractivity contribution < 1.29 is 9.53 Å². The number of hydrogen-bond donors (Lipinski definition) is 2. The maximum Gasteiger partial charge on any atom is 0.248 e. The summed E-state index contributed by atoms with van der Waals surface area (Å²) in [5.41, 5.74) is 0. The minimum absolute atomic E-state index is 0.00493. The van der Waals surface area contributed by atoms with Gasteiger partial charge < -0.3 is 15.4 Å². The zero-order valence-electron chi connectivity index (χ0n) is 12.2. The van der Waals surface area contributed by atoms with Crippen molar-refractivity contribution in [1.29, 1.82) is 0 Å². The van der Waals surface area contributed by atoms with Gasteiger partial charge in [-0.05, 0) is 39.5 Å². The van der Waals surface area contributed by atoms with Crippen molar-refractivity contribution in [3.05, 3.63) is 0 Å². The first-order valence-corrected chi connectivity index (χ1v) is 7.27. The fourth-order valence-corrected chi connectivity index (χ4v) is 2.43. The Morgan fingerprint density at radius 3 is 2.78 bits per heavy atom. The highest BCUT2D eigenvalue weighted by Crippen LogP contribution is 2.20. The van der Waals surface area contributed by atoms with Gasteiger partial charge in [-0.25, -0.2) is 0 Å². The molecule has 0 aliphatic carbocycles. The molecule has 4 atom stereocenters. The summed E-state index contributed by atoms with van der Waals surface area (Å²) in [5.74, 6) is 0.00493. The Kier molecular flexibility index (Phi) is 6.65. The number of carbonyl (C=O) groups excluding carboxylic acids is 1. The van der Waals surface area contributed by atoms with Gasteiger partial charge in [0.15, 0.2) is 0 Å². The normalized spacial score (nSPS) is 29.9. The van der Waals surface area contributed by atoms with Gasteiger partial charge in [0.1, 0.15) is 6.10 Å². The second kappa shape index (κ2) is 7.74. The smallest absolute Gasteiger partial charge is 0.248 e. The van der Waals surface area contributed by atoms with Gasteiger partial charge >= 0.3 is 0 Å². The third-order valence-electron chi connectivity index (χ3n) is 3.57. The van der Waals surface area contributed by atoms with Gasteiger partial charge in [-0.3, -0.25) is 4.79 Å². The fourth-order valence-electron chi connectivity index (χ4n) is 2.43. The van der Waals surface area contributed by atoms with Gasteiger partial charge in [-0.2, -0.15) is 0 Å². The molecule has 0 bridgehead atoms. The van der Waals surface area contributed by atoms with Gasteiger partial charge in [-0.1, -0.05) is 13.8 Å². The van der Waals surface area contributed by atoms with E-state index in [2.05, 4.69) is 24.5 Å². The van der Waals surface area contributed by atoms with Gasteiger partial charge in [0.25, 0.3) is 0 Å². The van der Waals surface area contributed by atoms with E-state index in [-0.39, 0.29) is 18.1 Å². The van der Waals surface area contributed by atoms with Crippen molar-refractivity contribution in [2.24, 2.45) is 0 Å². The monoisotopic (exact) mass is 256 g/mol. The molecule has 0 aromatic rings. The second-order valence-corrected chi connectivity index (χ2v) is 5.27. The first kappa shape index (κ1) is 15.4. The second-order valence-electron chi connectivity index (χ2n) is 5.27. The molecule has 0 spiro atoms. The maximum absolute atomic E-state index is 11.8. The third-order valence-corrected chi connectivity index (χ3v) is 3.57. The van der Waals surface area contributed by atoms with E-state index in [0.717, 1.165) is 32.2 Å². The number of carbonyl (C=O) groups is 1. The molecule has 0 radical (unpaired) electrons. The highest BCUT2D eigenvalue weighted by atomic mass is 16.5. The number of nitrogens with one attached hydrogen (secondary N) is 2. The quantitative estimate of drug-likeness (QED) is 0.762. The van der Waals surface area contributed by atoms with E-state index in [0.29, 0.717) is 12.1 Å². The molecule has 1 heterocycles. The van der Waals surface area contributed by atoms with Crippen LogP contribution in [0.4, 0.5) is 0 Å². The van der Waals surface area contributed by atoms with E-state index in [1.165, 1.54) is 0 Å². The Balaban J connectivity index is 2.42. The fraction of sp³-hybridized carbons (Fsp3) is 0.929. The van der Waals surface area contributed by atoms with E-state index < -0.39 is 0 Å². The lowest BCUT2D eigenvalue weighted by atomic mass is 9.94. The zero-order chi connectivity index (χ0) is 13.5. The highest BCUT2D eigenvalue weighted by molar-refractivity contribution is 5.80. The van der Waals surface area contributed by atoms with Crippen LogP contribution in [-0.2, 0) is 9.53 Å². The summed E-state index contributed by atoms with van der Waals surface area (Å²) in [6, 6.07) is 0.925. The van der Waals surface area contributed by atoms with Crippen molar-refractivity contribution >= 4 is 5.91 Å². The van der Waals surface area contributed by atoms with Crippen LogP contribution in [0.3, 0.4) is 0 Å². The summed E-state index contributed by atoms with van der Waals surface area (Å²) >= 11 is 0. The van der Waals surface area contributed by atoms with Crippen molar-refractivity contribution in [2.45, 2.75) is 77.7 Å². The summed E-state index contributed by atoms with van der Waals surface area (Å²) in [4.78, 5) is 11.8. The predicted octanol–water partition coefficient (Wildman–Crippen LogP) is 1.84. The van der Waals surface area contributed by atoms with Crippen LogP contribution in [0.2, 0.25) is 0 Å². The molecule has 18 heavy (non-hydrogen) atoms. The average Bonchev–Trinajstić information content (AvgIpc) is 2.37. The summed E-state index contributed by atoms with van der Waals surface area (Å²) in [5, 5.41) is 6.43. The number of hydrogen-bond acceptors (Lipinski definition) is 3. The lowest BCUT2D eigenvalue weighted by molar-refractivity contribution is -0.138. The molecule has 0 aromatic heterocycles. The summed E-state index contributed by atoms with van der Waals surface area (Å²) < 4.78 is 5.93. The SMILES string of the molecule is CCCNC(=O)C(C)OC1CCC(C)NC1CC. The van der Waals surface area contributed by atoms with Crippen LogP contribution in [0.25, 0.3) is 0 Å². The molecule has 0 aromatic carbocycles. The van der Waals surface area contributed by atoms with E-state index in [1.54, 1.807) is 0 Å². The summed E-state index contributed by atoms with van der Waals surface area (Å²) in [6.07, 6.45) is 3.96. The maximum atomic E-state index is 11.8. The van der Waals surface area contributed by atoms with Crippen LogP contribution in [0, 0.1) is 0 Å². The molecule has 1 aliphatic heterocycles. The predicted molar refractivity (Wildman–Crippen MR) is 73.5 cm³/mol. The van der Waals surface area contributed by atoms with Gasteiger partial charge in [-0.15, -0.1) is 0 Å². The molecule has 106 valence electrons. The summed E-state index contributed by atoms with van der Waals surface area (Å²) in [7, 11) is 0. The average molecular weight is 256 g/mol. The van der Waals surface area contributed by atoms with Crippen LogP contribution >= 0.6 is 0 Å². The largest absolute Gasteiger partial charge is 0.364 e. The number of piperidine rings is 1. The molecule has 1 fully saturated rings. The Bertz CT molecular complexity index is 258. The Morgan fingerprint density at radius 2 is 2.17 bits per heavy atom.